The second-order valence-corrected chi connectivity index (χ2v) is 8.30. The van der Waals surface area contributed by atoms with Crippen molar-refractivity contribution in [1.29, 1.82) is 0 Å². The maximum atomic E-state index is 12.7. The van der Waals surface area contributed by atoms with Crippen molar-refractivity contribution in [3.05, 3.63) is 58.9 Å². The highest BCUT2D eigenvalue weighted by Gasteiger charge is 2.28. The van der Waals surface area contributed by atoms with Crippen LogP contribution in [0.15, 0.2) is 30.7 Å². The summed E-state index contributed by atoms with van der Waals surface area (Å²) in [5.74, 6) is 1.01. The molecule has 1 aliphatic rings. The Balaban J connectivity index is 1.66. The van der Waals surface area contributed by atoms with Crippen LogP contribution in [0.3, 0.4) is 0 Å². The monoisotopic (exact) mass is 422 g/mol. The number of likely N-dealkylation sites (tertiary alicyclic amines) is 1. The molecule has 1 aliphatic heterocycles. The second kappa shape index (κ2) is 9.01. The van der Waals surface area contributed by atoms with Crippen molar-refractivity contribution in [2.24, 2.45) is 7.05 Å². The van der Waals surface area contributed by atoms with Crippen LogP contribution in [0.1, 0.15) is 58.7 Å². The third-order valence-corrected chi connectivity index (χ3v) is 5.94. The fourth-order valence-corrected chi connectivity index (χ4v) is 4.44. The molecular formula is C23H30N6O2. The summed E-state index contributed by atoms with van der Waals surface area (Å²) in [6, 6.07) is 6.27. The number of esters is 1. The molecule has 1 aromatic carbocycles. The van der Waals surface area contributed by atoms with Crippen LogP contribution in [-0.2, 0) is 18.3 Å². The van der Waals surface area contributed by atoms with Gasteiger partial charge < -0.3 is 9.30 Å². The number of benzene rings is 1. The van der Waals surface area contributed by atoms with Crippen LogP contribution in [0.4, 0.5) is 0 Å². The first-order valence-electron chi connectivity index (χ1n) is 10.9. The fraction of sp³-hybridized carbons (Fsp3) is 0.478. The first kappa shape index (κ1) is 21.2. The van der Waals surface area contributed by atoms with Gasteiger partial charge in [-0.1, -0.05) is 17.7 Å². The molecule has 3 aromatic rings. The van der Waals surface area contributed by atoms with Crippen molar-refractivity contribution in [3.8, 4) is 5.69 Å². The SMILES string of the molecule is CCOC(=O)c1cnn(-c2ccc(C)cc2C)c1CN1CCCC(c2nncn2C)C1. The number of aromatic nitrogens is 5. The molecule has 1 fully saturated rings. The zero-order valence-corrected chi connectivity index (χ0v) is 18.7. The predicted molar refractivity (Wildman–Crippen MR) is 117 cm³/mol. The van der Waals surface area contributed by atoms with Crippen LogP contribution >= 0.6 is 0 Å². The van der Waals surface area contributed by atoms with Crippen LogP contribution < -0.4 is 0 Å². The molecule has 0 radical (unpaired) electrons. The summed E-state index contributed by atoms with van der Waals surface area (Å²) in [4.78, 5) is 15.0. The topological polar surface area (TPSA) is 78.1 Å². The molecule has 1 saturated heterocycles. The Labute approximate surface area is 182 Å². The van der Waals surface area contributed by atoms with Gasteiger partial charge in [0.2, 0.25) is 0 Å². The molecule has 0 saturated carbocycles. The Bertz CT molecular complexity index is 1070. The van der Waals surface area contributed by atoms with Crippen LogP contribution in [0, 0.1) is 13.8 Å². The molecule has 8 nitrogen and oxygen atoms in total. The molecule has 0 N–H and O–H groups in total. The minimum Gasteiger partial charge on any atom is -0.462 e. The zero-order chi connectivity index (χ0) is 22.0. The van der Waals surface area contributed by atoms with E-state index in [1.165, 1.54) is 5.56 Å². The molecule has 31 heavy (non-hydrogen) atoms. The Morgan fingerprint density at radius 1 is 1.29 bits per heavy atom. The number of carbonyl (C=O) groups excluding carboxylic acids is 1. The van der Waals surface area contributed by atoms with Crippen LogP contribution in [0.2, 0.25) is 0 Å². The molecule has 1 atom stereocenters. The van der Waals surface area contributed by atoms with E-state index in [2.05, 4.69) is 52.2 Å². The standard InChI is InChI=1S/C23H30N6O2/c1-5-31-23(30)19-12-25-29(20-9-8-16(2)11-17(20)3)21(19)14-28-10-6-7-18(13-28)22-26-24-15-27(22)4/h8-9,11-12,15,18H,5-7,10,13-14H2,1-4H3. The Kier molecular flexibility index (Phi) is 6.18. The third kappa shape index (κ3) is 4.39. The third-order valence-electron chi connectivity index (χ3n) is 5.94. The van der Waals surface area contributed by atoms with Gasteiger partial charge in [0.05, 0.1) is 24.2 Å². The molecule has 0 aliphatic carbocycles. The van der Waals surface area contributed by atoms with Gasteiger partial charge in [-0.15, -0.1) is 10.2 Å². The molecule has 2 aromatic heterocycles. The molecule has 1 unspecified atom stereocenters. The number of hydrogen-bond donors (Lipinski definition) is 0. The molecule has 4 rings (SSSR count). The van der Waals surface area contributed by atoms with Gasteiger partial charge in [-0.2, -0.15) is 5.10 Å². The number of hydrogen-bond acceptors (Lipinski definition) is 6. The zero-order valence-electron chi connectivity index (χ0n) is 18.7. The lowest BCUT2D eigenvalue weighted by Crippen LogP contribution is -2.35. The number of carbonyl (C=O) groups is 1. The van der Waals surface area contributed by atoms with E-state index in [1.54, 1.807) is 12.5 Å². The molecule has 164 valence electrons. The molecular weight excluding hydrogens is 392 g/mol. The van der Waals surface area contributed by atoms with E-state index in [0.29, 0.717) is 24.6 Å². The van der Waals surface area contributed by atoms with Gasteiger partial charge in [-0.3, -0.25) is 4.90 Å². The summed E-state index contributed by atoms with van der Waals surface area (Å²) < 4.78 is 9.21. The summed E-state index contributed by atoms with van der Waals surface area (Å²) in [5, 5.41) is 13.0. The summed E-state index contributed by atoms with van der Waals surface area (Å²) in [7, 11) is 1.99. The van der Waals surface area contributed by atoms with Crippen LogP contribution in [-0.4, -0.2) is 55.1 Å². The summed E-state index contributed by atoms with van der Waals surface area (Å²) >= 11 is 0. The predicted octanol–water partition coefficient (Wildman–Crippen LogP) is 3.17. The van der Waals surface area contributed by atoms with Gasteiger partial charge in [0, 0.05) is 26.1 Å². The first-order valence-corrected chi connectivity index (χ1v) is 10.9. The lowest BCUT2D eigenvalue weighted by molar-refractivity contribution is 0.0523. The number of ether oxygens (including phenoxy) is 1. The van der Waals surface area contributed by atoms with E-state index in [4.69, 9.17) is 4.74 Å². The minimum atomic E-state index is -0.324. The number of piperidine rings is 1. The quantitative estimate of drug-likeness (QED) is 0.568. The largest absolute Gasteiger partial charge is 0.462 e. The Hall–Kier alpha value is -3.00. The normalized spacial score (nSPS) is 17.1. The van der Waals surface area contributed by atoms with Gasteiger partial charge in [0.1, 0.15) is 17.7 Å². The highest BCUT2D eigenvalue weighted by atomic mass is 16.5. The molecule has 0 spiro atoms. The molecule has 0 bridgehead atoms. The van der Waals surface area contributed by atoms with E-state index >= 15 is 0 Å². The number of nitrogens with zero attached hydrogens (tertiary/aromatic N) is 6. The van der Waals surface area contributed by atoms with Crippen LogP contribution in [0.5, 0.6) is 0 Å². The maximum Gasteiger partial charge on any atom is 0.341 e. The van der Waals surface area contributed by atoms with E-state index < -0.39 is 0 Å². The lowest BCUT2D eigenvalue weighted by Gasteiger charge is -2.32. The van der Waals surface area contributed by atoms with E-state index in [-0.39, 0.29) is 5.97 Å². The number of rotatable bonds is 6. The van der Waals surface area contributed by atoms with Gasteiger partial charge >= 0.3 is 5.97 Å². The highest BCUT2D eigenvalue weighted by molar-refractivity contribution is 5.90. The first-order chi connectivity index (χ1) is 15.0. The minimum absolute atomic E-state index is 0.324. The van der Waals surface area contributed by atoms with Crippen molar-refractivity contribution in [2.45, 2.75) is 46.1 Å². The Morgan fingerprint density at radius 2 is 2.13 bits per heavy atom. The smallest absolute Gasteiger partial charge is 0.341 e. The average Bonchev–Trinajstić information content (AvgIpc) is 3.35. The average molecular weight is 423 g/mol. The van der Waals surface area contributed by atoms with Crippen LogP contribution in [0.25, 0.3) is 5.69 Å². The molecule has 0 amide bonds. The molecule has 8 heteroatoms. The highest BCUT2D eigenvalue weighted by Crippen LogP contribution is 2.28. The van der Waals surface area contributed by atoms with Crippen molar-refractivity contribution in [1.82, 2.24) is 29.4 Å². The Morgan fingerprint density at radius 3 is 2.84 bits per heavy atom. The molecule has 3 heterocycles. The van der Waals surface area contributed by atoms with Crippen molar-refractivity contribution in [2.75, 3.05) is 19.7 Å². The fourth-order valence-electron chi connectivity index (χ4n) is 4.44. The van der Waals surface area contributed by atoms with E-state index in [9.17, 15) is 4.79 Å². The second-order valence-electron chi connectivity index (χ2n) is 8.30. The van der Waals surface area contributed by atoms with Gasteiger partial charge in [0.25, 0.3) is 0 Å². The van der Waals surface area contributed by atoms with Crippen molar-refractivity contribution >= 4 is 5.97 Å². The maximum absolute atomic E-state index is 12.7. The summed E-state index contributed by atoms with van der Waals surface area (Å²) in [5.41, 5.74) is 4.70. The van der Waals surface area contributed by atoms with Gasteiger partial charge in [0.15, 0.2) is 0 Å². The van der Waals surface area contributed by atoms with Gasteiger partial charge in [-0.05, 0) is 51.8 Å². The summed E-state index contributed by atoms with van der Waals surface area (Å²) in [6.45, 7) is 8.76. The van der Waals surface area contributed by atoms with Crippen molar-refractivity contribution < 1.29 is 9.53 Å². The van der Waals surface area contributed by atoms with Crippen molar-refractivity contribution in [3.63, 3.8) is 0 Å². The van der Waals surface area contributed by atoms with E-state index in [0.717, 1.165) is 48.7 Å². The van der Waals surface area contributed by atoms with Gasteiger partial charge in [-0.25, -0.2) is 9.48 Å². The lowest BCUT2D eigenvalue weighted by atomic mass is 9.97. The number of aryl methyl sites for hydroxylation is 3. The summed E-state index contributed by atoms with van der Waals surface area (Å²) in [6.07, 6.45) is 5.55. The van der Waals surface area contributed by atoms with E-state index in [1.807, 2.05) is 23.2 Å².